The molecule has 1 rings (SSSR count). The van der Waals surface area contributed by atoms with Gasteiger partial charge in [-0.1, -0.05) is 32.8 Å². The van der Waals surface area contributed by atoms with Gasteiger partial charge in [-0.05, 0) is 37.3 Å². The Bertz CT molecular complexity index is 231. The van der Waals surface area contributed by atoms with Crippen LogP contribution in [0.3, 0.4) is 0 Å². The molecule has 0 spiro atoms. The largest absolute Gasteiger partial charge is 0.314 e. The standard InChI is InChI=1S/C13H23NS/c1-3-5-7-12(14-4-2)9-10-13-8-6-11-15-13/h6,8,11-12,14H,3-5,7,9-10H2,1-2H3. The molecule has 1 N–H and O–H groups in total. The van der Waals surface area contributed by atoms with E-state index in [1.54, 1.807) is 0 Å². The fourth-order valence-corrected chi connectivity index (χ4v) is 2.58. The van der Waals surface area contributed by atoms with Crippen molar-refractivity contribution in [1.82, 2.24) is 5.32 Å². The third-order valence-corrected chi connectivity index (χ3v) is 3.65. The second-order valence-corrected chi connectivity index (χ2v) is 5.05. The van der Waals surface area contributed by atoms with Crippen molar-refractivity contribution in [3.05, 3.63) is 22.4 Å². The van der Waals surface area contributed by atoms with Gasteiger partial charge in [-0.15, -0.1) is 11.3 Å². The first-order valence-electron chi connectivity index (χ1n) is 6.12. The molecule has 0 saturated carbocycles. The number of rotatable bonds is 8. The van der Waals surface area contributed by atoms with Gasteiger partial charge >= 0.3 is 0 Å². The Balaban J connectivity index is 2.24. The zero-order chi connectivity index (χ0) is 10.9. The van der Waals surface area contributed by atoms with Gasteiger partial charge < -0.3 is 5.32 Å². The number of aryl methyl sites for hydroxylation is 1. The maximum absolute atomic E-state index is 3.58. The van der Waals surface area contributed by atoms with Crippen LogP contribution in [0.2, 0.25) is 0 Å². The molecule has 2 heteroatoms. The van der Waals surface area contributed by atoms with Gasteiger partial charge in [-0.3, -0.25) is 0 Å². The van der Waals surface area contributed by atoms with Crippen LogP contribution in [0.4, 0.5) is 0 Å². The molecule has 0 aliphatic carbocycles. The van der Waals surface area contributed by atoms with Gasteiger partial charge in [0, 0.05) is 10.9 Å². The summed E-state index contributed by atoms with van der Waals surface area (Å²) in [6, 6.07) is 5.11. The number of nitrogens with one attached hydrogen (secondary N) is 1. The van der Waals surface area contributed by atoms with Crippen molar-refractivity contribution in [2.24, 2.45) is 0 Å². The first-order valence-corrected chi connectivity index (χ1v) is 7.00. The molecular weight excluding hydrogens is 202 g/mol. The lowest BCUT2D eigenvalue weighted by Crippen LogP contribution is -2.29. The molecule has 1 aromatic rings. The van der Waals surface area contributed by atoms with E-state index in [1.807, 2.05) is 11.3 Å². The fraction of sp³-hybridized carbons (Fsp3) is 0.692. The average Bonchev–Trinajstić information content (AvgIpc) is 2.75. The van der Waals surface area contributed by atoms with E-state index >= 15 is 0 Å². The Morgan fingerprint density at radius 1 is 1.33 bits per heavy atom. The summed E-state index contributed by atoms with van der Waals surface area (Å²) in [6.07, 6.45) is 6.51. The second kappa shape index (κ2) is 7.89. The zero-order valence-electron chi connectivity index (χ0n) is 9.96. The van der Waals surface area contributed by atoms with Crippen molar-refractivity contribution in [2.45, 2.75) is 52.0 Å². The Morgan fingerprint density at radius 2 is 2.20 bits per heavy atom. The first kappa shape index (κ1) is 12.7. The van der Waals surface area contributed by atoms with Crippen molar-refractivity contribution in [3.8, 4) is 0 Å². The molecule has 0 aliphatic heterocycles. The van der Waals surface area contributed by atoms with E-state index < -0.39 is 0 Å². The minimum Gasteiger partial charge on any atom is -0.314 e. The van der Waals surface area contributed by atoms with Crippen LogP contribution < -0.4 is 5.32 Å². The lowest BCUT2D eigenvalue weighted by atomic mass is 10.0. The summed E-state index contributed by atoms with van der Waals surface area (Å²) in [6.45, 7) is 5.56. The maximum atomic E-state index is 3.58. The third-order valence-electron chi connectivity index (χ3n) is 2.72. The highest BCUT2D eigenvalue weighted by Gasteiger charge is 2.06. The Hall–Kier alpha value is -0.340. The first-order chi connectivity index (χ1) is 7.36. The second-order valence-electron chi connectivity index (χ2n) is 4.01. The van der Waals surface area contributed by atoms with E-state index in [4.69, 9.17) is 0 Å². The molecule has 0 amide bonds. The monoisotopic (exact) mass is 225 g/mol. The van der Waals surface area contributed by atoms with Gasteiger partial charge in [0.1, 0.15) is 0 Å². The van der Waals surface area contributed by atoms with Crippen molar-refractivity contribution in [2.75, 3.05) is 6.54 Å². The summed E-state index contributed by atoms with van der Waals surface area (Å²) >= 11 is 1.88. The normalized spacial score (nSPS) is 12.9. The van der Waals surface area contributed by atoms with Crippen molar-refractivity contribution < 1.29 is 0 Å². The predicted molar refractivity (Wildman–Crippen MR) is 69.6 cm³/mol. The SMILES string of the molecule is CCCCC(CCc1cccs1)NCC. The molecule has 0 aromatic carbocycles. The number of unbranched alkanes of at least 4 members (excludes halogenated alkanes) is 1. The summed E-state index contributed by atoms with van der Waals surface area (Å²) in [5.41, 5.74) is 0. The number of hydrogen-bond donors (Lipinski definition) is 1. The maximum Gasteiger partial charge on any atom is 0.00704 e. The van der Waals surface area contributed by atoms with E-state index in [0.717, 1.165) is 12.6 Å². The molecule has 15 heavy (non-hydrogen) atoms. The van der Waals surface area contributed by atoms with E-state index in [-0.39, 0.29) is 0 Å². The van der Waals surface area contributed by atoms with Crippen LogP contribution >= 0.6 is 11.3 Å². The van der Waals surface area contributed by atoms with Crippen LogP contribution in [0.25, 0.3) is 0 Å². The van der Waals surface area contributed by atoms with E-state index in [1.165, 1.54) is 37.0 Å². The number of thiophene rings is 1. The minimum absolute atomic E-state index is 0.719. The highest BCUT2D eigenvalue weighted by atomic mass is 32.1. The van der Waals surface area contributed by atoms with Crippen molar-refractivity contribution in [3.63, 3.8) is 0 Å². The molecule has 0 bridgehead atoms. The van der Waals surface area contributed by atoms with Gasteiger partial charge in [-0.2, -0.15) is 0 Å². The van der Waals surface area contributed by atoms with E-state index in [9.17, 15) is 0 Å². The third kappa shape index (κ3) is 5.33. The van der Waals surface area contributed by atoms with Gasteiger partial charge in [0.25, 0.3) is 0 Å². The summed E-state index contributed by atoms with van der Waals surface area (Å²) in [5.74, 6) is 0. The minimum atomic E-state index is 0.719. The zero-order valence-corrected chi connectivity index (χ0v) is 10.8. The highest BCUT2D eigenvalue weighted by molar-refractivity contribution is 7.09. The summed E-state index contributed by atoms with van der Waals surface area (Å²) < 4.78 is 0. The fourth-order valence-electron chi connectivity index (χ4n) is 1.86. The average molecular weight is 225 g/mol. The number of hydrogen-bond acceptors (Lipinski definition) is 2. The summed E-state index contributed by atoms with van der Waals surface area (Å²) in [7, 11) is 0. The van der Waals surface area contributed by atoms with Crippen LogP contribution in [0.1, 0.15) is 44.4 Å². The lowest BCUT2D eigenvalue weighted by Gasteiger charge is -2.16. The molecule has 1 nitrogen and oxygen atoms in total. The van der Waals surface area contributed by atoms with Crippen LogP contribution in [0, 0.1) is 0 Å². The molecule has 0 fully saturated rings. The molecule has 1 atom stereocenters. The molecule has 0 aliphatic rings. The van der Waals surface area contributed by atoms with E-state index in [2.05, 4.69) is 36.7 Å². The predicted octanol–water partition coefficient (Wildman–Crippen LogP) is 3.85. The Labute approximate surface area is 97.9 Å². The summed E-state index contributed by atoms with van der Waals surface area (Å²) in [5, 5.41) is 5.75. The quantitative estimate of drug-likeness (QED) is 0.708. The van der Waals surface area contributed by atoms with Crippen LogP contribution in [0.5, 0.6) is 0 Å². The van der Waals surface area contributed by atoms with Gasteiger partial charge in [-0.25, -0.2) is 0 Å². The molecule has 0 saturated heterocycles. The van der Waals surface area contributed by atoms with Gasteiger partial charge in [0.2, 0.25) is 0 Å². The van der Waals surface area contributed by atoms with Gasteiger partial charge in [0.05, 0.1) is 0 Å². The molecule has 1 unspecified atom stereocenters. The highest BCUT2D eigenvalue weighted by Crippen LogP contribution is 2.14. The summed E-state index contributed by atoms with van der Waals surface area (Å²) in [4.78, 5) is 1.52. The molecular formula is C13H23NS. The van der Waals surface area contributed by atoms with Crippen molar-refractivity contribution >= 4 is 11.3 Å². The van der Waals surface area contributed by atoms with Crippen LogP contribution in [0.15, 0.2) is 17.5 Å². The van der Waals surface area contributed by atoms with Crippen molar-refractivity contribution in [1.29, 1.82) is 0 Å². The molecule has 1 heterocycles. The lowest BCUT2D eigenvalue weighted by molar-refractivity contribution is 0.450. The smallest absolute Gasteiger partial charge is 0.00704 e. The molecule has 1 aromatic heterocycles. The Kier molecular flexibility index (Phi) is 6.69. The molecule has 0 radical (unpaired) electrons. The van der Waals surface area contributed by atoms with Crippen LogP contribution in [-0.4, -0.2) is 12.6 Å². The van der Waals surface area contributed by atoms with E-state index in [0.29, 0.717) is 0 Å². The van der Waals surface area contributed by atoms with Gasteiger partial charge in [0.15, 0.2) is 0 Å². The Morgan fingerprint density at radius 3 is 2.80 bits per heavy atom. The topological polar surface area (TPSA) is 12.0 Å². The van der Waals surface area contributed by atoms with Crippen LogP contribution in [-0.2, 0) is 6.42 Å². The molecule has 86 valence electrons.